The van der Waals surface area contributed by atoms with Gasteiger partial charge in [-0.25, -0.2) is 0 Å². The Morgan fingerprint density at radius 2 is 2.29 bits per heavy atom. The molecule has 21 heavy (non-hydrogen) atoms. The van der Waals surface area contributed by atoms with Crippen molar-refractivity contribution in [2.75, 3.05) is 18.9 Å². The Hall–Kier alpha value is -1.59. The number of anilines is 1. The highest BCUT2D eigenvalue weighted by atomic mass is 32.1. The first kappa shape index (κ1) is 14.4. The van der Waals surface area contributed by atoms with E-state index in [-0.39, 0.29) is 18.6 Å². The van der Waals surface area contributed by atoms with Crippen molar-refractivity contribution in [2.24, 2.45) is 0 Å². The number of thiophene rings is 1. The van der Waals surface area contributed by atoms with Crippen molar-refractivity contribution < 1.29 is 9.90 Å². The van der Waals surface area contributed by atoms with Gasteiger partial charge in [0, 0.05) is 16.6 Å². The van der Waals surface area contributed by atoms with Crippen LogP contribution >= 0.6 is 11.3 Å². The Kier molecular flexibility index (Phi) is 3.87. The van der Waals surface area contributed by atoms with E-state index in [2.05, 4.69) is 0 Å². The normalized spacial score (nSPS) is 19.1. The van der Waals surface area contributed by atoms with E-state index in [0.717, 1.165) is 34.9 Å². The van der Waals surface area contributed by atoms with Gasteiger partial charge >= 0.3 is 0 Å². The molecule has 1 fully saturated rings. The van der Waals surface area contributed by atoms with Crippen LogP contribution in [0.15, 0.2) is 18.2 Å². The quantitative estimate of drug-likeness (QED) is 0.896. The van der Waals surface area contributed by atoms with Gasteiger partial charge in [0.15, 0.2) is 0 Å². The van der Waals surface area contributed by atoms with Crippen LogP contribution in [0, 0.1) is 6.92 Å². The third-order valence-electron chi connectivity index (χ3n) is 4.24. The van der Waals surface area contributed by atoms with Crippen LogP contribution < -0.4 is 5.73 Å². The number of likely N-dealkylation sites (tertiary alicyclic amines) is 1. The number of hydrogen-bond donors (Lipinski definition) is 2. The summed E-state index contributed by atoms with van der Waals surface area (Å²) in [5.74, 6) is -0.0353. The Bertz CT molecular complexity index is 680. The van der Waals surface area contributed by atoms with Crippen LogP contribution in [-0.4, -0.2) is 35.1 Å². The number of nitrogen functional groups attached to an aromatic ring is 1. The Morgan fingerprint density at radius 3 is 3.00 bits per heavy atom. The van der Waals surface area contributed by atoms with Gasteiger partial charge < -0.3 is 15.7 Å². The first-order chi connectivity index (χ1) is 10.1. The van der Waals surface area contributed by atoms with Crippen LogP contribution in [0.3, 0.4) is 0 Å². The lowest BCUT2D eigenvalue weighted by molar-refractivity contribution is 0.0509. The van der Waals surface area contributed by atoms with Gasteiger partial charge in [-0.3, -0.25) is 4.79 Å². The maximum Gasteiger partial charge on any atom is 0.266 e. The highest BCUT2D eigenvalue weighted by molar-refractivity contribution is 7.21. The van der Waals surface area contributed by atoms with Gasteiger partial charge in [0.05, 0.1) is 18.3 Å². The summed E-state index contributed by atoms with van der Waals surface area (Å²) in [6, 6.07) is 5.89. The topological polar surface area (TPSA) is 66.6 Å². The number of aliphatic hydroxyl groups excluding tert-OH is 1. The largest absolute Gasteiger partial charge is 0.397 e. The molecule has 0 spiro atoms. The second-order valence-corrected chi connectivity index (χ2v) is 6.65. The summed E-state index contributed by atoms with van der Waals surface area (Å²) in [5, 5.41) is 10.4. The van der Waals surface area contributed by atoms with Crippen molar-refractivity contribution in [2.45, 2.75) is 32.2 Å². The van der Waals surface area contributed by atoms with Gasteiger partial charge in [-0.2, -0.15) is 0 Å². The van der Waals surface area contributed by atoms with Crippen molar-refractivity contribution in [1.82, 2.24) is 4.90 Å². The monoisotopic (exact) mass is 304 g/mol. The number of carbonyl (C=O) groups is 1. The molecule has 0 aliphatic carbocycles. The molecule has 1 amide bonds. The summed E-state index contributed by atoms with van der Waals surface area (Å²) in [7, 11) is 0. The minimum absolute atomic E-state index is 0.0234. The van der Waals surface area contributed by atoms with Crippen LogP contribution in [-0.2, 0) is 0 Å². The summed E-state index contributed by atoms with van der Waals surface area (Å²) in [5.41, 5.74) is 7.92. The van der Waals surface area contributed by atoms with E-state index in [4.69, 9.17) is 5.73 Å². The molecule has 2 aromatic rings. The van der Waals surface area contributed by atoms with Crippen LogP contribution in [0.5, 0.6) is 0 Å². The van der Waals surface area contributed by atoms with Crippen molar-refractivity contribution >= 4 is 33.0 Å². The van der Waals surface area contributed by atoms with E-state index in [1.54, 1.807) is 4.90 Å². The highest BCUT2D eigenvalue weighted by Crippen LogP contribution is 2.37. The molecule has 4 nitrogen and oxygen atoms in total. The number of nitrogens with two attached hydrogens (primary N) is 1. The van der Waals surface area contributed by atoms with Crippen LogP contribution in [0.4, 0.5) is 5.69 Å². The Morgan fingerprint density at radius 1 is 1.48 bits per heavy atom. The minimum Gasteiger partial charge on any atom is -0.397 e. The van der Waals surface area contributed by atoms with Gasteiger partial charge in [-0.15, -0.1) is 11.3 Å². The summed E-state index contributed by atoms with van der Waals surface area (Å²) in [6.07, 6.45) is 2.92. The molecule has 1 unspecified atom stereocenters. The number of amides is 1. The number of aryl methyl sites for hydroxylation is 1. The molecule has 1 saturated heterocycles. The molecule has 0 radical (unpaired) electrons. The SMILES string of the molecule is Cc1cccc2c(N)c(C(=O)N3CCCCC3CO)sc12. The first-order valence-electron chi connectivity index (χ1n) is 7.33. The number of aliphatic hydroxyl groups is 1. The third-order valence-corrected chi connectivity index (χ3v) is 5.59. The maximum atomic E-state index is 12.8. The van der Waals surface area contributed by atoms with Gasteiger partial charge in [-0.05, 0) is 31.7 Å². The highest BCUT2D eigenvalue weighted by Gasteiger charge is 2.29. The molecule has 1 aliphatic rings. The molecule has 2 heterocycles. The molecule has 3 N–H and O–H groups in total. The lowest BCUT2D eigenvalue weighted by Gasteiger charge is -2.34. The van der Waals surface area contributed by atoms with E-state index in [9.17, 15) is 9.90 Å². The number of rotatable bonds is 2. The molecule has 0 bridgehead atoms. The number of piperidine rings is 1. The lowest BCUT2D eigenvalue weighted by Crippen LogP contribution is -2.45. The van der Waals surface area contributed by atoms with Crippen molar-refractivity contribution in [3.63, 3.8) is 0 Å². The molecule has 1 atom stereocenters. The van der Waals surface area contributed by atoms with Gasteiger partial charge in [0.1, 0.15) is 4.88 Å². The standard InChI is InChI=1S/C16H20N2O2S/c1-10-5-4-7-12-13(17)15(21-14(10)12)16(20)18-8-3-2-6-11(18)9-19/h4-5,7,11,19H,2-3,6,8-9,17H2,1H3. The second kappa shape index (κ2) is 5.66. The summed E-state index contributed by atoms with van der Waals surface area (Å²) < 4.78 is 1.08. The number of nitrogens with zero attached hydrogens (tertiary/aromatic N) is 1. The predicted octanol–water partition coefficient (Wildman–Crippen LogP) is 2.78. The fourth-order valence-electron chi connectivity index (χ4n) is 3.03. The molecular formula is C16H20N2O2S. The third kappa shape index (κ3) is 2.40. The minimum atomic E-state index is -0.0723. The second-order valence-electron chi connectivity index (χ2n) is 5.63. The zero-order valence-corrected chi connectivity index (χ0v) is 12.9. The Labute approximate surface area is 128 Å². The average molecular weight is 304 g/mol. The van der Waals surface area contributed by atoms with Crippen LogP contribution in [0.25, 0.3) is 10.1 Å². The first-order valence-corrected chi connectivity index (χ1v) is 8.14. The number of carbonyl (C=O) groups excluding carboxylic acids is 1. The molecule has 0 saturated carbocycles. The molecule has 1 aromatic heterocycles. The predicted molar refractivity (Wildman–Crippen MR) is 86.7 cm³/mol. The average Bonchev–Trinajstić information content (AvgIpc) is 2.85. The van der Waals surface area contributed by atoms with E-state index in [1.165, 1.54) is 11.3 Å². The number of benzene rings is 1. The van der Waals surface area contributed by atoms with Crippen LogP contribution in [0.2, 0.25) is 0 Å². The number of hydrogen-bond acceptors (Lipinski definition) is 4. The van der Waals surface area contributed by atoms with Gasteiger partial charge in [-0.1, -0.05) is 18.2 Å². The van der Waals surface area contributed by atoms with Gasteiger partial charge in [0.25, 0.3) is 5.91 Å². The van der Waals surface area contributed by atoms with E-state index in [0.29, 0.717) is 17.1 Å². The van der Waals surface area contributed by atoms with Gasteiger partial charge in [0.2, 0.25) is 0 Å². The number of fused-ring (bicyclic) bond motifs is 1. The maximum absolute atomic E-state index is 12.8. The van der Waals surface area contributed by atoms with Crippen molar-refractivity contribution in [3.05, 3.63) is 28.6 Å². The summed E-state index contributed by atoms with van der Waals surface area (Å²) in [6.45, 7) is 2.76. The zero-order valence-electron chi connectivity index (χ0n) is 12.1. The van der Waals surface area contributed by atoms with E-state index in [1.807, 2.05) is 25.1 Å². The van der Waals surface area contributed by atoms with Crippen LogP contribution in [0.1, 0.15) is 34.5 Å². The van der Waals surface area contributed by atoms with Crippen molar-refractivity contribution in [3.8, 4) is 0 Å². The molecular weight excluding hydrogens is 284 g/mol. The smallest absolute Gasteiger partial charge is 0.266 e. The lowest BCUT2D eigenvalue weighted by atomic mass is 10.0. The Balaban J connectivity index is 2.01. The van der Waals surface area contributed by atoms with E-state index >= 15 is 0 Å². The fraction of sp³-hybridized carbons (Fsp3) is 0.438. The molecule has 1 aliphatic heterocycles. The zero-order chi connectivity index (χ0) is 15.0. The molecule has 5 heteroatoms. The van der Waals surface area contributed by atoms with E-state index < -0.39 is 0 Å². The summed E-state index contributed by atoms with van der Waals surface area (Å²) >= 11 is 1.47. The molecule has 1 aromatic carbocycles. The fourth-order valence-corrected chi connectivity index (χ4v) is 4.17. The molecule has 3 rings (SSSR count). The summed E-state index contributed by atoms with van der Waals surface area (Å²) in [4.78, 5) is 15.2. The molecule has 112 valence electrons. The van der Waals surface area contributed by atoms with Crippen molar-refractivity contribution in [1.29, 1.82) is 0 Å².